The van der Waals surface area contributed by atoms with Crippen molar-refractivity contribution < 1.29 is 0 Å². The molecule has 0 radical (unpaired) electrons. The highest BCUT2D eigenvalue weighted by molar-refractivity contribution is 6.15. The number of para-hydroxylation sites is 7. The van der Waals surface area contributed by atoms with Gasteiger partial charge in [0.15, 0.2) is 0 Å². The predicted molar refractivity (Wildman–Crippen MR) is 296 cm³/mol. The largest absolute Gasteiger partial charge is 0.309 e. The fraction of sp³-hybridized carbons (Fsp3) is 0. The minimum Gasteiger partial charge on any atom is -0.309 e. The standard InChI is InChI=1S/C65H40N6/c1-8-22-55-45(15-1)46-16-2-9-23-56(46)67(55)41-31-35-64-52(37-41)51-21-7-14-28-61(51)71(64)65-36-32-44(40-66-65)70-62-33-29-42(68-57-24-10-3-17-47(57)48-18-4-11-25-58(48)68)38-53(62)54-39-43(30-34-63(54)70)69-59-26-12-5-19-49(59)50-20-6-13-27-60(50)69/h1-40H. The van der Waals surface area contributed by atoms with Crippen molar-refractivity contribution in [2.45, 2.75) is 0 Å². The number of benzene rings is 10. The average Bonchev–Trinajstić information content (AvgIpc) is 4.23. The highest BCUT2D eigenvalue weighted by atomic mass is 15.1. The molecular weight excluding hydrogens is 865 g/mol. The average molecular weight is 905 g/mol. The number of hydrogen-bond donors (Lipinski definition) is 0. The Morgan fingerprint density at radius 1 is 0.197 bits per heavy atom. The van der Waals surface area contributed by atoms with Gasteiger partial charge in [0.05, 0.1) is 67.1 Å². The second-order valence-corrected chi connectivity index (χ2v) is 18.8. The van der Waals surface area contributed by atoms with Crippen molar-refractivity contribution in [2.24, 2.45) is 0 Å². The molecule has 330 valence electrons. The lowest BCUT2D eigenvalue weighted by Gasteiger charge is -2.12. The van der Waals surface area contributed by atoms with Crippen molar-refractivity contribution in [2.75, 3.05) is 0 Å². The number of fused-ring (bicyclic) bond motifs is 15. The maximum absolute atomic E-state index is 5.33. The number of aromatic nitrogens is 6. The maximum atomic E-state index is 5.33. The molecule has 6 heterocycles. The molecule has 10 aromatic carbocycles. The van der Waals surface area contributed by atoms with Crippen molar-refractivity contribution >= 4 is 109 Å². The van der Waals surface area contributed by atoms with E-state index in [0.717, 1.165) is 50.6 Å². The first-order valence-electron chi connectivity index (χ1n) is 24.3. The molecule has 71 heavy (non-hydrogen) atoms. The highest BCUT2D eigenvalue weighted by Gasteiger charge is 2.21. The van der Waals surface area contributed by atoms with Gasteiger partial charge in [0.25, 0.3) is 0 Å². The van der Waals surface area contributed by atoms with Crippen LogP contribution in [0.25, 0.3) is 138 Å². The van der Waals surface area contributed by atoms with Crippen LogP contribution in [0, 0.1) is 0 Å². The van der Waals surface area contributed by atoms with Crippen LogP contribution in [-0.2, 0) is 0 Å². The molecule has 0 unspecified atom stereocenters. The van der Waals surface area contributed by atoms with Gasteiger partial charge in [-0.25, -0.2) is 4.98 Å². The molecule has 16 aromatic rings. The Labute approximate surface area is 406 Å². The van der Waals surface area contributed by atoms with Gasteiger partial charge < -0.3 is 18.3 Å². The SMILES string of the molecule is c1ccc2c(c1)c1ccccc1n2-c1ccc2c(c1)c1cc(-n3c4ccccc4c4ccccc43)ccc1n2-c1ccc(-n2c3ccccc3c3cc(-n4c5ccccc5c5ccccc54)ccc32)nc1. The molecule has 0 fully saturated rings. The molecule has 0 saturated carbocycles. The molecule has 6 nitrogen and oxygen atoms in total. The van der Waals surface area contributed by atoms with Crippen LogP contribution in [-0.4, -0.2) is 27.8 Å². The Bertz CT molecular complexity index is 4550. The van der Waals surface area contributed by atoms with Crippen molar-refractivity contribution in [3.8, 4) is 28.6 Å². The summed E-state index contributed by atoms with van der Waals surface area (Å²) in [6, 6.07) is 86.3. The molecule has 16 rings (SSSR count). The van der Waals surface area contributed by atoms with Gasteiger partial charge in [-0.1, -0.05) is 127 Å². The molecule has 0 aliphatic heterocycles. The molecule has 0 aliphatic carbocycles. The minimum atomic E-state index is 0.868. The fourth-order valence-corrected chi connectivity index (χ4v) is 12.1. The first kappa shape index (κ1) is 38.3. The van der Waals surface area contributed by atoms with E-state index in [0.29, 0.717) is 0 Å². The minimum absolute atomic E-state index is 0.868. The summed E-state index contributed by atoms with van der Waals surface area (Å²) in [5.41, 5.74) is 16.0. The molecule has 0 bridgehead atoms. The molecule has 6 heteroatoms. The molecule has 6 aromatic heterocycles. The second-order valence-electron chi connectivity index (χ2n) is 18.8. The lowest BCUT2D eigenvalue weighted by molar-refractivity contribution is 1.05. The number of rotatable bonds is 5. The van der Waals surface area contributed by atoms with Crippen LogP contribution in [0.4, 0.5) is 0 Å². The summed E-state index contributed by atoms with van der Waals surface area (Å²) in [5, 5.41) is 12.2. The van der Waals surface area contributed by atoms with Crippen LogP contribution in [0.1, 0.15) is 0 Å². The third kappa shape index (κ3) is 5.33. The Kier molecular flexibility index (Phi) is 7.79. The van der Waals surface area contributed by atoms with Gasteiger partial charge in [-0.15, -0.1) is 0 Å². The van der Waals surface area contributed by atoms with E-state index in [2.05, 4.69) is 259 Å². The van der Waals surface area contributed by atoms with Gasteiger partial charge in [0, 0.05) is 70.9 Å². The van der Waals surface area contributed by atoms with Gasteiger partial charge in [-0.3, -0.25) is 4.57 Å². The van der Waals surface area contributed by atoms with E-state index in [-0.39, 0.29) is 0 Å². The molecule has 0 saturated heterocycles. The highest BCUT2D eigenvalue weighted by Crippen LogP contribution is 2.41. The molecule has 0 atom stereocenters. The van der Waals surface area contributed by atoms with Crippen LogP contribution < -0.4 is 0 Å². The molecule has 0 aliphatic rings. The number of hydrogen-bond acceptors (Lipinski definition) is 1. The molecule has 0 spiro atoms. The van der Waals surface area contributed by atoms with Crippen molar-refractivity contribution in [3.05, 3.63) is 243 Å². The van der Waals surface area contributed by atoms with E-state index in [1.54, 1.807) is 0 Å². The summed E-state index contributed by atoms with van der Waals surface area (Å²) in [4.78, 5) is 5.33. The Hall–Kier alpha value is -9.65. The molecular formula is C65H40N6. The fourth-order valence-electron chi connectivity index (χ4n) is 12.1. The first-order chi connectivity index (χ1) is 35.2. The third-order valence-electron chi connectivity index (χ3n) is 15.1. The molecule has 0 N–H and O–H groups in total. The summed E-state index contributed by atoms with van der Waals surface area (Å²) in [6.07, 6.45) is 2.04. The van der Waals surface area contributed by atoms with Crippen LogP contribution in [0.3, 0.4) is 0 Å². The van der Waals surface area contributed by atoms with Gasteiger partial charge >= 0.3 is 0 Å². The van der Waals surface area contributed by atoms with Crippen molar-refractivity contribution in [1.82, 2.24) is 27.8 Å². The van der Waals surface area contributed by atoms with Gasteiger partial charge in [-0.05, 0) is 109 Å². The number of nitrogens with zero attached hydrogens (tertiary/aromatic N) is 6. The summed E-state index contributed by atoms with van der Waals surface area (Å²) in [5.74, 6) is 0.868. The lowest BCUT2D eigenvalue weighted by atomic mass is 10.1. The van der Waals surface area contributed by atoms with Crippen LogP contribution >= 0.6 is 0 Å². The van der Waals surface area contributed by atoms with Gasteiger partial charge in [0.1, 0.15) is 5.82 Å². The van der Waals surface area contributed by atoms with E-state index in [9.17, 15) is 0 Å². The normalized spacial score (nSPS) is 12.2. The second kappa shape index (κ2) is 14.4. The topological polar surface area (TPSA) is 37.5 Å². The zero-order chi connectivity index (χ0) is 46.3. The van der Waals surface area contributed by atoms with E-state index in [4.69, 9.17) is 4.98 Å². The summed E-state index contributed by atoms with van der Waals surface area (Å²) < 4.78 is 11.9. The summed E-state index contributed by atoms with van der Waals surface area (Å²) in [6.45, 7) is 0. The summed E-state index contributed by atoms with van der Waals surface area (Å²) >= 11 is 0. The Morgan fingerprint density at radius 2 is 0.437 bits per heavy atom. The lowest BCUT2D eigenvalue weighted by Crippen LogP contribution is -2.01. The maximum Gasteiger partial charge on any atom is 0.137 e. The zero-order valence-corrected chi connectivity index (χ0v) is 38.3. The summed E-state index contributed by atoms with van der Waals surface area (Å²) in [7, 11) is 0. The van der Waals surface area contributed by atoms with Crippen molar-refractivity contribution in [3.63, 3.8) is 0 Å². The zero-order valence-electron chi connectivity index (χ0n) is 38.3. The Balaban J connectivity index is 0.890. The van der Waals surface area contributed by atoms with E-state index >= 15 is 0 Å². The smallest absolute Gasteiger partial charge is 0.137 e. The van der Waals surface area contributed by atoms with Gasteiger partial charge in [0.2, 0.25) is 0 Å². The monoisotopic (exact) mass is 904 g/mol. The van der Waals surface area contributed by atoms with Crippen LogP contribution in [0.15, 0.2) is 243 Å². The van der Waals surface area contributed by atoms with Crippen LogP contribution in [0.5, 0.6) is 0 Å². The van der Waals surface area contributed by atoms with Gasteiger partial charge in [-0.2, -0.15) is 0 Å². The van der Waals surface area contributed by atoms with E-state index < -0.39 is 0 Å². The third-order valence-corrected chi connectivity index (χ3v) is 15.1. The van der Waals surface area contributed by atoms with Crippen LogP contribution in [0.2, 0.25) is 0 Å². The molecule has 0 amide bonds. The predicted octanol–water partition coefficient (Wildman–Crippen LogP) is 16.6. The Morgan fingerprint density at radius 3 is 0.761 bits per heavy atom. The van der Waals surface area contributed by atoms with E-state index in [1.807, 2.05) is 6.20 Å². The van der Waals surface area contributed by atoms with Crippen molar-refractivity contribution in [1.29, 1.82) is 0 Å². The van der Waals surface area contributed by atoms with E-state index in [1.165, 1.54) is 87.0 Å². The quantitative estimate of drug-likeness (QED) is 0.170. The first-order valence-corrected chi connectivity index (χ1v) is 24.3. The number of pyridine rings is 1.